The number of hydrogen-bond donors (Lipinski definition) is 1. The van der Waals surface area contributed by atoms with E-state index in [0.717, 1.165) is 6.42 Å². The number of nitrogens with one attached hydrogen (secondary N) is 1. The molecule has 0 saturated heterocycles. The average Bonchev–Trinajstić information content (AvgIpc) is 2.42. The molecular formula is C17H29NO2. The van der Waals surface area contributed by atoms with Crippen LogP contribution in [0.2, 0.25) is 0 Å². The van der Waals surface area contributed by atoms with Crippen LogP contribution in [0, 0.1) is 13.8 Å². The molecule has 1 rings (SSSR count). The van der Waals surface area contributed by atoms with Gasteiger partial charge in [0.1, 0.15) is 0 Å². The minimum absolute atomic E-state index is 0.115. The molecule has 0 aromatic heterocycles. The van der Waals surface area contributed by atoms with E-state index >= 15 is 0 Å². The summed E-state index contributed by atoms with van der Waals surface area (Å²) < 4.78 is 11.2. The van der Waals surface area contributed by atoms with E-state index in [0.29, 0.717) is 13.2 Å². The van der Waals surface area contributed by atoms with E-state index in [1.54, 1.807) is 7.11 Å². The molecule has 114 valence electrons. The van der Waals surface area contributed by atoms with Crippen LogP contribution in [0.5, 0.6) is 0 Å². The molecule has 1 unspecified atom stereocenters. The smallest absolute Gasteiger partial charge is 0.0661 e. The zero-order valence-electron chi connectivity index (χ0n) is 13.7. The maximum atomic E-state index is 5.81. The van der Waals surface area contributed by atoms with Gasteiger partial charge in [0.2, 0.25) is 0 Å². The second-order valence-electron chi connectivity index (χ2n) is 5.97. The Kier molecular flexibility index (Phi) is 6.66. The summed E-state index contributed by atoms with van der Waals surface area (Å²) >= 11 is 0. The number of likely N-dealkylation sites (N-methyl/N-ethyl adjacent to an activating group) is 1. The Morgan fingerprint density at radius 2 is 1.90 bits per heavy atom. The van der Waals surface area contributed by atoms with Gasteiger partial charge in [-0.1, -0.05) is 18.2 Å². The van der Waals surface area contributed by atoms with Gasteiger partial charge in [-0.15, -0.1) is 0 Å². The molecule has 0 aliphatic rings. The molecule has 1 N–H and O–H groups in total. The highest BCUT2D eigenvalue weighted by Gasteiger charge is 2.16. The lowest BCUT2D eigenvalue weighted by atomic mass is 10.0. The molecule has 3 heteroatoms. The van der Waals surface area contributed by atoms with Crippen LogP contribution in [0.15, 0.2) is 18.2 Å². The third-order valence-corrected chi connectivity index (χ3v) is 3.97. The van der Waals surface area contributed by atoms with Gasteiger partial charge in [-0.05, 0) is 57.9 Å². The van der Waals surface area contributed by atoms with Gasteiger partial charge in [0, 0.05) is 13.7 Å². The molecule has 0 amide bonds. The van der Waals surface area contributed by atoms with E-state index in [1.807, 2.05) is 7.05 Å². The fourth-order valence-corrected chi connectivity index (χ4v) is 1.95. The van der Waals surface area contributed by atoms with Crippen molar-refractivity contribution in [1.29, 1.82) is 0 Å². The number of methoxy groups -OCH3 is 1. The molecule has 0 spiro atoms. The third kappa shape index (κ3) is 5.23. The zero-order valence-corrected chi connectivity index (χ0v) is 13.7. The highest BCUT2D eigenvalue weighted by Crippen LogP contribution is 2.18. The number of aryl methyl sites for hydroxylation is 2. The molecule has 0 aliphatic carbocycles. The van der Waals surface area contributed by atoms with Crippen LogP contribution in [-0.2, 0) is 9.47 Å². The van der Waals surface area contributed by atoms with Crippen molar-refractivity contribution in [3.8, 4) is 0 Å². The topological polar surface area (TPSA) is 30.5 Å². The first-order valence-corrected chi connectivity index (χ1v) is 7.27. The van der Waals surface area contributed by atoms with Gasteiger partial charge in [0.15, 0.2) is 0 Å². The summed E-state index contributed by atoms with van der Waals surface area (Å²) in [6.45, 7) is 9.83. The van der Waals surface area contributed by atoms with Crippen LogP contribution in [0.3, 0.4) is 0 Å². The summed E-state index contributed by atoms with van der Waals surface area (Å²) in [4.78, 5) is 0. The predicted octanol–water partition coefficient (Wildman–Crippen LogP) is 3.40. The highest BCUT2D eigenvalue weighted by molar-refractivity contribution is 5.31. The molecule has 1 aromatic carbocycles. The molecule has 0 saturated carbocycles. The lowest BCUT2D eigenvalue weighted by molar-refractivity contribution is -0.0122. The maximum Gasteiger partial charge on any atom is 0.0661 e. The zero-order chi connectivity index (χ0) is 15.2. The second-order valence-corrected chi connectivity index (χ2v) is 5.97. The van der Waals surface area contributed by atoms with Crippen LogP contribution in [0.4, 0.5) is 0 Å². The quantitative estimate of drug-likeness (QED) is 0.740. The van der Waals surface area contributed by atoms with Crippen LogP contribution < -0.4 is 5.32 Å². The van der Waals surface area contributed by atoms with Gasteiger partial charge >= 0.3 is 0 Å². The summed E-state index contributed by atoms with van der Waals surface area (Å²) in [6, 6.07) is 6.81. The van der Waals surface area contributed by atoms with E-state index in [9.17, 15) is 0 Å². The van der Waals surface area contributed by atoms with Crippen molar-refractivity contribution in [2.75, 3.05) is 27.4 Å². The van der Waals surface area contributed by atoms with Crippen molar-refractivity contribution in [1.82, 2.24) is 5.32 Å². The van der Waals surface area contributed by atoms with Crippen molar-refractivity contribution in [2.45, 2.75) is 45.8 Å². The van der Waals surface area contributed by atoms with Crippen LogP contribution in [0.1, 0.15) is 43.0 Å². The lowest BCUT2D eigenvalue weighted by Gasteiger charge is -2.23. The molecule has 3 nitrogen and oxygen atoms in total. The Morgan fingerprint density at radius 3 is 2.45 bits per heavy atom. The first-order valence-electron chi connectivity index (χ1n) is 7.27. The first kappa shape index (κ1) is 17.2. The molecule has 1 aromatic rings. The standard InChI is InChI=1S/C17H29NO2/c1-13-7-8-15(11-14(13)2)16(18-5)12-20-10-9-17(3,4)19-6/h7-8,11,16,18H,9-10,12H2,1-6H3. The first-order chi connectivity index (χ1) is 9.39. The van der Waals surface area contributed by atoms with Crippen molar-refractivity contribution in [3.63, 3.8) is 0 Å². The molecule has 0 aliphatic heterocycles. The van der Waals surface area contributed by atoms with E-state index in [4.69, 9.17) is 9.47 Å². The Labute approximate surface area is 123 Å². The van der Waals surface area contributed by atoms with Crippen LogP contribution >= 0.6 is 0 Å². The fourth-order valence-electron chi connectivity index (χ4n) is 1.95. The van der Waals surface area contributed by atoms with E-state index < -0.39 is 0 Å². The Bertz CT molecular complexity index is 415. The number of hydrogen-bond acceptors (Lipinski definition) is 3. The molecule has 0 heterocycles. The molecular weight excluding hydrogens is 250 g/mol. The van der Waals surface area contributed by atoms with Gasteiger partial charge in [-0.2, -0.15) is 0 Å². The number of benzene rings is 1. The van der Waals surface area contributed by atoms with Crippen molar-refractivity contribution < 1.29 is 9.47 Å². The van der Waals surface area contributed by atoms with Gasteiger partial charge < -0.3 is 14.8 Å². The monoisotopic (exact) mass is 279 g/mol. The Morgan fingerprint density at radius 1 is 1.20 bits per heavy atom. The van der Waals surface area contributed by atoms with Crippen LogP contribution in [0.25, 0.3) is 0 Å². The molecule has 0 fully saturated rings. The largest absolute Gasteiger partial charge is 0.379 e. The molecule has 20 heavy (non-hydrogen) atoms. The summed E-state index contributed by atoms with van der Waals surface area (Å²) in [5, 5.41) is 3.32. The summed E-state index contributed by atoms with van der Waals surface area (Å²) in [6.07, 6.45) is 0.896. The summed E-state index contributed by atoms with van der Waals surface area (Å²) in [5.74, 6) is 0. The van der Waals surface area contributed by atoms with Crippen molar-refractivity contribution >= 4 is 0 Å². The van der Waals surface area contributed by atoms with E-state index in [2.05, 4.69) is 51.2 Å². The van der Waals surface area contributed by atoms with Crippen molar-refractivity contribution in [3.05, 3.63) is 34.9 Å². The SMILES string of the molecule is CNC(COCCC(C)(C)OC)c1ccc(C)c(C)c1. The fraction of sp³-hybridized carbons (Fsp3) is 0.647. The van der Waals surface area contributed by atoms with Gasteiger partial charge in [0.05, 0.1) is 18.2 Å². The number of ether oxygens (including phenoxy) is 2. The summed E-state index contributed by atoms with van der Waals surface area (Å²) in [7, 11) is 3.72. The van der Waals surface area contributed by atoms with Gasteiger partial charge in [-0.3, -0.25) is 0 Å². The second kappa shape index (κ2) is 7.77. The predicted molar refractivity (Wildman–Crippen MR) is 84.2 cm³/mol. The van der Waals surface area contributed by atoms with Gasteiger partial charge in [0.25, 0.3) is 0 Å². The minimum Gasteiger partial charge on any atom is -0.379 e. The van der Waals surface area contributed by atoms with Crippen LogP contribution in [-0.4, -0.2) is 33.0 Å². The normalized spacial score (nSPS) is 13.5. The highest BCUT2D eigenvalue weighted by atomic mass is 16.5. The number of rotatable bonds is 8. The van der Waals surface area contributed by atoms with E-state index in [1.165, 1.54) is 16.7 Å². The average molecular weight is 279 g/mol. The molecule has 1 atom stereocenters. The maximum absolute atomic E-state index is 5.81. The Hall–Kier alpha value is -0.900. The Balaban J connectivity index is 2.49. The molecule has 0 bridgehead atoms. The van der Waals surface area contributed by atoms with E-state index in [-0.39, 0.29) is 11.6 Å². The van der Waals surface area contributed by atoms with Crippen molar-refractivity contribution in [2.24, 2.45) is 0 Å². The molecule has 0 radical (unpaired) electrons. The van der Waals surface area contributed by atoms with Gasteiger partial charge in [-0.25, -0.2) is 0 Å². The minimum atomic E-state index is -0.115. The lowest BCUT2D eigenvalue weighted by Crippen LogP contribution is -2.26. The third-order valence-electron chi connectivity index (χ3n) is 3.97. The summed E-state index contributed by atoms with van der Waals surface area (Å²) in [5.41, 5.74) is 3.81.